The molecule has 0 bridgehead atoms. The van der Waals surface area contributed by atoms with Crippen LogP contribution in [-0.2, 0) is 0 Å². The van der Waals surface area contributed by atoms with Crippen LogP contribution in [0.3, 0.4) is 0 Å². The molecule has 0 fully saturated rings. The highest BCUT2D eigenvalue weighted by Crippen LogP contribution is 2.11. The first-order valence-electron chi connectivity index (χ1n) is 7.85. The van der Waals surface area contributed by atoms with Gasteiger partial charge in [-0.2, -0.15) is 10.2 Å². The number of hydrogen-bond acceptors (Lipinski definition) is 5. The lowest BCUT2D eigenvalue weighted by molar-refractivity contribution is 0.112. The van der Waals surface area contributed by atoms with E-state index in [1.165, 1.54) is 0 Å². The fraction of sp³-hybridized carbons (Fsp3) is 0.0556. The summed E-state index contributed by atoms with van der Waals surface area (Å²) in [5.41, 5.74) is 13.9. The third kappa shape index (κ3) is 5.94. The van der Waals surface area contributed by atoms with Crippen molar-refractivity contribution in [1.82, 2.24) is 16.2 Å². The number of carbonyl (C=O) groups is 1. The van der Waals surface area contributed by atoms with Crippen LogP contribution in [0, 0.1) is 0 Å². The van der Waals surface area contributed by atoms with Crippen LogP contribution in [-0.4, -0.2) is 35.0 Å². The monoisotopic (exact) mass is 398 g/mol. The molecule has 0 aromatic heterocycles. The molecular weight excluding hydrogens is 380 g/mol. The summed E-state index contributed by atoms with van der Waals surface area (Å²) in [5, 5.41) is 11.9. The summed E-state index contributed by atoms with van der Waals surface area (Å²) >= 11 is 9.96. The zero-order valence-corrected chi connectivity index (χ0v) is 16.1. The molecule has 0 saturated heterocycles. The fourth-order valence-electron chi connectivity index (χ4n) is 2.10. The molecule has 2 aromatic rings. The van der Waals surface area contributed by atoms with E-state index in [0.29, 0.717) is 22.1 Å². The van der Waals surface area contributed by atoms with Crippen LogP contribution < -0.4 is 21.9 Å². The summed E-state index contributed by atoms with van der Waals surface area (Å²) in [6, 6.07) is 16.3. The van der Waals surface area contributed by atoms with Crippen molar-refractivity contribution in [3.63, 3.8) is 0 Å². The van der Waals surface area contributed by atoms with Crippen molar-refractivity contribution in [1.29, 1.82) is 0 Å². The van der Waals surface area contributed by atoms with Crippen LogP contribution in [0.25, 0.3) is 0 Å². The number of aldehydes is 1. The number of carbonyl (C=O) groups excluding carboxylic acids is 1. The van der Waals surface area contributed by atoms with Crippen LogP contribution in [0.1, 0.15) is 21.5 Å². The van der Waals surface area contributed by atoms with Crippen molar-refractivity contribution in [2.45, 2.75) is 0 Å². The minimum Gasteiger partial charge on any atom is -0.375 e. The molecule has 2 aromatic carbocycles. The Labute approximate surface area is 167 Å². The van der Waals surface area contributed by atoms with Gasteiger partial charge in [0.05, 0.1) is 0 Å². The first-order chi connectivity index (χ1) is 13.0. The Morgan fingerprint density at radius 2 is 1.48 bits per heavy atom. The third-order valence-corrected chi connectivity index (χ3v) is 3.75. The molecule has 0 radical (unpaired) electrons. The van der Waals surface area contributed by atoms with E-state index < -0.39 is 0 Å². The Morgan fingerprint density at radius 1 is 0.926 bits per heavy atom. The minimum atomic E-state index is 0.0257. The van der Waals surface area contributed by atoms with E-state index in [1.54, 1.807) is 31.3 Å². The molecular formula is C18H18N6OS2. The van der Waals surface area contributed by atoms with Crippen LogP contribution in [0.5, 0.6) is 0 Å². The van der Waals surface area contributed by atoms with Crippen molar-refractivity contribution in [2.24, 2.45) is 15.9 Å². The molecule has 7 nitrogen and oxygen atoms in total. The maximum atomic E-state index is 10.9. The number of nitrogens with one attached hydrogen (secondary N) is 3. The van der Waals surface area contributed by atoms with Gasteiger partial charge in [0, 0.05) is 23.7 Å². The number of rotatable bonds is 6. The molecule has 0 spiro atoms. The zero-order chi connectivity index (χ0) is 19.6. The van der Waals surface area contributed by atoms with E-state index >= 15 is 0 Å². The normalized spacial score (nSPS) is 11.4. The number of nitrogens with zero attached hydrogens (tertiary/aromatic N) is 2. The van der Waals surface area contributed by atoms with Crippen LogP contribution in [0.2, 0.25) is 0 Å². The first-order valence-corrected chi connectivity index (χ1v) is 8.66. The molecule has 9 heteroatoms. The number of thiocarbonyl (C=S) groups is 2. The van der Waals surface area contributed by atoms with Gasteiger partial charge in [-0.1, -0.05) is 54.6 Å². The van der Waals surface area contributed by atoms with Gasteiger partial charge in [0.25, 0.3) is 0 Å². The molecule has 0 saturated carbocycles. The second-order valence-corrected chi connectivity index (χ2v) is 6.04. The largest absolute Gasteiger partial charge is 0.375 e. The summed E-state index contributed by atoms with van der Waals surface area (Å²) in [5.74, 6) is 0. The van der Waals surface area contributed by atoms with E-state index in [9.17, 15) is 4.79 Å². The average Bonchev–Trinajstić information content (AvgIpc) is 2.70. The predicted octanol–water partition coefficient (Wildman–Crippen LogP) is 1.53. The summed E-state index contributed by atoms with van der Waals surface area (Å²) in [7, 11) is 1.68. The average molecular weight is 399 g/mol. The quantitative estimate of drug-likeness (QED) is 0.253. The van der Waals surface area contributed by atoms with Gasteiger partial charge in [-0.25, -0.2) is 0 Å². The van der Waals surface area contributed by atoms with Gasteiger partial charge in [-0.3, -0.25) is 15.6 Å². The zero-order valence-electron chi connectivity index (χ0n) is 14.5. The van der Waals surface area contributed by atoms with Crippen molar-refractivity contribution < 1.29 is 4.79 Å². The van der Waals surface area contributed by atoms with Crippen molar-refractivity contribution in [3.8, 4) is 0 Å². The fourth-order valence-corrected chi connectivity index (χ4v) is 2.19. The SMILES string of the molecule is CNC(=S)N/N=C(/C(=N/NC(N)=S)c1ccccc1)c1ccc(C=O)cc1. The van der Waals surface area contributed by atoms with E-state index in [0.717, 1.165) is 17.4 Å². The lowest BCUT2D eigenvalue weighted by atomic mass is 9.99. The standard InChI is InChI=1S/C18H18N6OS2/c1-20-18(27)24-22-16(14-9-7-12(11-25)8-10-14)15(21-23-17(19)26)13-5-3-2-4-6-13/h2-11H,1H3,(H3,19,23,26)(H2,20,24,27)/b21-15+,22-16+. The Hall–Kier alpha value is -3.17. The summed E-state index contributed by atoms with van der Waals surface area (Å²) in [4.78, 5) is 10.9. The van der Waals surface area contributed by atoms with Gasteiger partial charge < -0.3 is 11.1 Å². The maximum Gasteiger partial charge on any atom is 0.186 e. The van der Waals surface area contributed by atoms with Gasteiger partial charge in [0.1, 0.15) is 17.7 Å². The van der Waals surface area contributed by atoms with E-state index in [2.05, 4.69) is 26.4 Å². The van der Waals surface area contributed by atoms with Crippen LogP contribution in [0.4, 0.5) is 0 Å². The van der Waals surface area contributed by atoms with E-state index in [1.807, 2.05) is 30.3 Å². The van der Waals surface area contributed by atoms with Gasteiger partial charge in [-0.05, 0) is 24.4 Å². The molecule has 0 aliphatic carbocycles. The summed E-state index contributed by atoms with van der Waals surface area (Å²) < 4.78 is 0. The molecule has 0 aliphatic rings. The lowest BCUT2D eigenvalue weighted by Gasteiger charge is -2.12. The van der Waals surface area contributed by atoms with Crippen LogP contribution in [0.15, 0.2) is 64.8 Å². The van der Waals surface area contributed by atoms with Gasteiger partial charge in [0.15, 0.2) is 10.2 Å². The molecule has 138 valence electrons. The molecule has 0 heterocycles. The number of benzene rings is 2. The van der Waals surface area contributed by atoms with Crippen LogP contribution >= 0.6 is 24.4 Å². The minimum absolute atomic E-state index is 0.0257. The molecule has 0 atom stereocenters. The molecule has 0 amide bonds. The number of nitrogens with two attached hydrogens (primary N) is 1. The molecule has 0 unspecified atom stereocenters. The second kappa shape index (κ2) is 10.1. The highest BCUT2D eigenvalue weighted by molar-refractivity contribution is 7.80. The third-order valence-electron chi connectivity index (χ3n) is 3.37. The topological polar surface area (TPSA) is 104 Å². The van der Waals surface area contributed by atoms with Crippen molar-refractivity contribution >= 4 is 52.4 Å². The van der Waals surface area contributed by atoms with E-state index in [4.69, 9.17) is 30.2 Å². The lowest BCUT2D eigenvalue weighted by Crippen LogP contribution is -2.32. The highest BCUT2D eigenvalue weighted by Gasteiger charge is 2.16. The maximum absolute atomic E-state index is 10.9. The summed E-state index contributed by atoms with van der Waals surface area (Å²) in [6.07, 6.45) is 0.773. The Kier molecular flexibility index (Phi) is 7.53. The molecule has 27 heavy (non-hydrogen) atoms. The Bertz CT molecular complexity index is 878. The molecule has 2 rings (SSSR count). The predicted molar refractivity (Wildman–Crippen MR) is 116 cm³/mol. The molecule has 5 N–H and O–H groups in total. The van der Waals surface area contributed by atoms with Crippen molar-refractivity contribution in [3.05, 3.63) is 71.3 Å². The Morgan fingerprint density at radius 3 is 2.00 bits per heavy atom. The van der Waals surface area contributed by atoms with Gasteiger partial charge in [-0.15, -0.1) is 0 Å². The Balaban J connectivity index is 2.57. The van der Waals surface area contributed by atoms with Gasteiger partial charge >= 0.3 is 0 Å². The summed E-state index contributed by atoms with van der Waals surface area (Å²) in [6.45, 7) is 0. The van der Waals surface area contributed by atoms with Crippen molar-refractivity contribution in [2.75, 3.05) is 7.05 Å². The second-order valence-electron chi connectivity index (χ2n) is 5.19. The number of hydrogen-bond donors (Lipinski definition) is 4. The molecule has 0 aliphatic heterocycles. The van der Waals surface area contributed by atoms with E-state index in [-0.39, 0.29) is 5.11 Å². The van der Waals surface area contributed by atoms with Gasteiger partial charge in [0.2, 0.25) is 0 Å². The number of hydrazone groups is 2. The smallest absolute Gasteiger partial charge is 0.186 e. The highest BCUT2D eigenvalue weighted by atomic mass is 32.1. The first kappa shape index (κ1) is 20.1.